The number of hydrogen-bond acceptors (Lipinski definition) is 4. The van der Waals surface area contributed by atoms with Crippen LogP contribution >= 0.6 is 0 Å². The maximum atomic E-state index is 10.0. The fraction of sp³-hybridized carbons (Fsp3) is 0.632. The van der Waals surface area contributed by atoms with Crippen LogP contribution in [0.2, 0.25) is 0 Å². The standard InChI is InChI=1S/C19H25NO3/c1-22-17-9-8-14(11-18(17)23-16-6-2-3-7-16)19(13-20)10-4-5-15(21)12-19/h8-9,11,15-16,21H,2-7,10,12H2,1H3. The average Bonchev–Trinajstić information content (AvgIpc) is 3.07. The van der Waals surface area contributed by atoms with Gasteiger partial charge in [-0.3, -0.25) is 0 Å². The lowest BCUT2D eigenvalue weighted by atomic mass is 9.69. The third-order valence-electron chi connectivity index (χ3n) is 5.25. The third-order valence-corrected chi connectivity index (χ3v) is 5.25. The summed E-state index contributed by atoms with van der Waals surface area (Å²) in [4.78, 5) is 0. The number of hydrogen-bond donors (Lipinski definition) is 1. The second-order valence-corrected chi connectivity index (χ2v) is 6.83. The van der Waals surface area contributed by atoms with Gasteiger partial charge in [-0.05, 0) is 69.1 Å². The fourth-order valence-corrected chi connectivity index (χ4v) is 3.93. The van der Waals surface area contributed by atoms with Gasteiger partial charge in [-0.1, -0.05) is 6.07 Å². The van der Waals surface area contributed by atoms with E-state index < -0.39 is 11.5 Å². The number of nitrogens with zero attached hydrogens (tertiary/aromatic N) is 1. The molecule has 0 amide bonds. The summed E-state index contributed by atoms with van der Waals surface area (Å²) in [5.41, 5.74) is 0.324. The van der Waals surface area contributed by atoms with Gasteiger partial charge in [0.25, 0.3) is 0 Å². The van der Waals surface area contributed by atoms with Gasteiger partial charge in [0.15, 0.2) is 11.5 Å². The summed E-state index contributed by atoms with van der Waals surface area (Å²) in [5.74, 6) is 1.44. The number of nitriles is 1. The first-order valence-corrected chi connectivity index (χ1v) is 8.61. The Labute approximate surface area is 138 Å². The molecular formula is C19H25NO3. The van der Waals surface area contributed by atoms with Gasteiger partial charge in [0.2, 0.25) is 0 Å². The molecule has 0 radical (unpaired) electrons. The quantitative estimate of drug-likeness (QED) is 0.920. The van der Waals surface area contributed by atoms with E-state index in [0.29, 0.717) is 12.2 Å². The molecule has 2 aliphatic carbocycles. The van der Waals surface area contributed by atoms with Crippen LogP contribution < -0.4 is 9.47 Å². The van der Waals surface area contributed by atoms with Gasteiger partial charge in [-0.25, -0.2) is 0 Å². The number of ether oxygens (including phenoxy) is 2. The zero-order valence-electron chi connectivity index (χ0n) is 13.8. The van der Waals surface area contributed by atoms with Crippen LogP contribution in [-0.4, -0.2) is 24.4 Å². The van der Waals surface area contributed by atoms with E-state index in [1.807, 2.05) is 18.2 Å². The minimum Gasteiger partial charge on any atom is -0.493 e. The Kier molecular flexibility index (Phi) is 4.77. The Bertz CT molecular complexity index is 589. The Morgan fingerprint density at radius 3 is 2.61 bits per heavy atom. The Balaban J connectivity index is 1.91. The molecule has 0 aromatic heterocycles. The van der Waals surface area contributed by atoms with Crippen molar-refractivity contribution < 1.29 is 14.6 Å². The van der Waals surface area contributed by atoms with Crippen LogP contribution in [0.25, 0.3) is 0 Å². The average molecular weight is 315 g/mol. The summed E-state index contributed by atoms with van der Waals surface area (Å²) in [6, 6.07) is 8.26. The summed E-state index contributed by atoms with van der Waals surface area (Å²) in [6.45, 7) is 0. The topological polar surface area (TPSA) is 62.5 Å². The summed E-state index contributed by atoms with van der Waals surface area (Å²) in [7, 11) is 1.64. The summed E-state index contributed by atoms with van der Waals surface area (Å²) in [6.07, 6.45) is 7.37. The smallest absolute Gasteiger partial charge is 0.161 e. The van der Waals surface area contributed by atoms with Crippen LogP contribution in [0.5, 0.6) is 11.5 Å². The molecule has 23 heavy (non-hydrogen) atoms. The minimum atomic E-state index is -0.613. The second kappa shape index (κ2) is 6.80. The lowest BCUT2D eigenvalue weighted by Crippen LogP contribution is -2.34. The number of aliphatic hydroxyl groups excluding tert-OH is 1. The van der Waals surface area contributed by atoms with Crippen molar-refractivity contribution >= 4 is 0 Å². The van der Waals surface area contributed by atoms with Crippen LogP contribution in [0.3, 0.4) is 0 Å². The van der Waals surface area contributed by atoms with Gasteiger partial charge in [-0.2, -0.15) is 5.26 Å². The molecule has 4 nitrogen and oxygen atoms in total. The first-order chi connectivity index (χ1) is 11.2. The van der Waals surface area contributed by atoms with E-state index in [1.165, 1.54) is 12.8 Å². The molecular weight excluding hydrogens is 290 g/mol. The molecule has 0 saturated heterocycles. The van der Waals surface area contributed by atoms with E-state index in [0.717, 1.165) is 43.4 Å². The minimum absolute atomic E-state index is 0.245. The molecule has 0 aliphatic heterocycles. The normalized spacial score (nSPS) is 28.3. The number of methoxy groups -OCH3 is 1. The maximum Gasteiger partial charge on any atom is 0.161 e. The van der Waals surface area contributed by atoms with Crippen LogP contribution in [0.15, 0.2) is 18.2 Å². The molecule has 2 aliphatic rings. The number of aliphatic hydroxyl groups is 1. The molecule has 3 rings (SSSR count). The predicted molar refractivity (Wildman–Crippen MR) is 87.6 cm³/mol. The molecule has 2 fully saturated rings. The van der Waals surface area contributed by atoms with E-state index in [9.17, 15) is 10.4 Å². The van der Waals surface area contributed by atoms with E-state index in [4.69, 9.17) is 9.47 Å². The Morgan fingerprint density at radius 2 is 1.96 bits per heavy atom. The number of benzene rings is 1. The Hall–Kier alpha value is -1.73. The van der Waals surface area contributed by atoms with Crippen molar-refractivity contribution in [3.63, 3.8) is 0 Å². The van der Waals surface area contributed by atoms with Crippen LogP contribution in [0.1, 0.15) is 56.9 Å². The molecule has 2 atom stereocenters. The van der Waals surface area contributed by atoms with Gasteiger partial charge in [0, 0.05) is 0 Å². The van der Waals surface area contributed by atoms with Crippen LogP contribution in [0.4, 0.5) is 0 Å². The number of rotatable bonds is 4. The van der Waals surface area contributed by atoms with E-state index in [-0.39, 0.29) is 6.10 Å². The van der Waals surface area contributed by atoms with Crippen molar-refractivity contribution in [3.05, 3.63) is 23.8 Å². The molecule has 4 heteroatoms. The molecule has 0 bridgehead atoms. The van der Waals surface area contributed by atoms with E-state index in [2.05, 4.69) is 6.07 Å². The highest BCUT2D eigenvalue weighted by molar-refractivity contribution is 5.47. The lowest BCUT2D eigenvalue weighted by molar-refractivity contribution is 0.102. The molecule has 124 valence electrons. The van der Waals surface area contributed by atoms with Gasteiger partial charge in [0.05, 0.1) is 30.8 Å². The van der Waals surface area contributed by atoms with Crippen LogP contribution in [0, 0.1) is 11.3 Å². The highest BCUT2D eigenvalue weighted by atomic mass is 16.5. The van der Waals surface area contributed by atoms with Crippen molar-refractivity contribution in [1.29, 1.82) is 5.26 Å². The van der Waals surface area contributed by atoms with Gasteiger partial charge in [0.1, 0.15) is 0 Å². The molecule has 1 aromatic carbocycles. The Morgan fingerprint density at radius 1 is 1.17 bits per heavy atom. The molecule has 1 N–H and O–H groups in total. The van der Waals surface area contributed by atoms with Crippen molar-refractivity contribution in [2.45, 2.75) is 69.0 Å². The SMILES string of the molecule is COc1ccc(C2(C#N)CCCC(O)C2)cc1OC1CCCC1. The first kappa shape index (κ1) is 16.1. The van der Waals surface area contributed by atoms with Crippen molar-refractivity contribution in [1.82, 2.24) is 0 Å². The second-order valence-electron chi connectivity index (χ2n) is 6.83. The summed E-state index contributed by atoms with van der Waals surface area (Å²) < 4.78 is 11.6. The largest absolute Gasteiger partial charge is 0.493 e. The van der Waals surface area contributed by atoms with Crippen molar-refractivity contribution in [2.24, 2.45) is 0 Å². The molecule has 2 saturated carbocycles. The zero-order valence-corrected chi connectivity index (χ0v) is 13.8. The van der Waals surface area contributed by atoms with Crippen molar-refractivity contribution in [3.8, 4) is 17.6 Å². The van der Waals surface area contributed by atoms with Crippen molar-refractivity contribution in [2.75, 3.05) is 7.11 Å². The van der Waals surface area contributed by atoms with Gasteiger partial charge in [-0.15, -0.1) is 0 Å². The molecule has 0 heterocycles. The van der Waals surface area contributed by atoms with Gasteiger partial charge >= 0.3 is 0 Å². The molecule has 0 spiro atoms. The first-order valence-electron chi connectivity index (χ1n) is 8.61. The fourth-order valence-electron chi connectivity index (χ4n) is 3.93. The monoisotopic (exact) mass is 315 g/mol. The molecule has 2 unspecified atom stereocenters. The zero-order chi connectivity index (χ0) is 16.3. The van der Waals surface area contributed by atoms with Crippen LogP contribution in [-0.2, 0) is 5.41 Å². The predicted octanol–water partition coefficient (Wildman–Crippen LogP) is 3.71. The summed E-state index contributed by atoms with van der Waals surface area (Å²) in [5, 5.41) is 19.8. The van der Waals surface area contributed by atoms with Gasteiger partial charge < -0.3 is 14.6 Å². The molecule has 1 aromatic rings. The maximum absolute atomic E-state index is 10.0. The lowest BCUT2D eigenvalue weighted by Gasteiger charge is -2.34. The summed E-state index contributed by atoms with van der Waals surface area (Å²) >= 11 is 0. The highest BCUT2D eigenvalue weighted by Crippen LogP contribution is 2.42. The third kappa shape index (κ3) is 3.30. The highest BCUT2D eigenvalue weighted by Gasteiger charge is 2.38. The van der Waals surface area contributed by atoms with E-state index in [1.54, 1.807) is 7.11 Å². The van der Waals surface area contributed by atoms with E-state index >= 15 is 0 Å².